The second-order valence-corrected chi connectivity index (χ2v) is 7.05. The molecule has 1 N–H and O–H groups in total. The fraction of sp³-hybridized carbons (Fsp3) is 0.667. The maximum atomic E-state index is 12.0. The summed E-state index contributed by atoms with van der Waals surface area (Å²) >= 11 is 0. The molecule has 0 bridgehead atoms. The maximum Gasteiger partial charge on any atom is 0.271 e. The number of aromatic nitrogens is 2. The summed E-state index contributed by atoms with van der Waals surface area (Å²) in [7, 11) is 0. The van der Waals surface area contributed by atoms with Crippen LogP contribution in [0, 0.1) is 5.92 Å². The van der Waals surface area contributed by atoms with Crippen LogP contribution in [-0.2, 0) is 9.53 Å². The zero-order chi connectivity index (χ0) is 17.7. The molecule has 3 rings (SSSR count). The molecule has 2 saturated heterocycles. The lowest BCUT2D eigenvalue weighted by molar-refractivity contribution is -0.188. The molecule has 0 saturated carbocycles. The van der Waals surface area contributed by atoms with E-state index >= 15 is 0 Å². The number of nitrogens with zero attached hydrogens (tertiary/aromatic N) is 3. The summed E-state index contributed by atoms with van der Waals surface area (Å²) in [4.78, 5) is 33.8. The molecule has 2 fully saturated rings. The summed E-state index contributed by atoms with van der Waals surface area (Å²) in [6.45, 7) is 4.73. The number of ether oxygens (including phenoxy) is 1. The van der Waals surface area contributed by atoms with E-state index in [2.05, 4.69) is 22.2 Å². The van der Waals surface area contributed by atoms with Gasteiger partial charge in [0.2, 0.25) is 5.91 Å². The summed E-state index contributed by atoms with van der Waals surface area (Å²) in [5.41, 5.74) is 0.184. The van der Waals surface area contributed by atoms with E-state index in [-0.39, 0.29) is 17.4 Å². The second kappa shape index (κ2) is 7.91. The topological polar surface area (TPSA) is 84.4 Å². The Labute approximate surface area is 148 Å². The number of unbranched alkanes of at least 4 members (excludes halogenated alkanes) is 1. The molecule has 1 atom stereocenters. The number of amides is 2. The minimum absolute atomic E-state index is 0.146. The van der Waals surface area contributed by atoms with E-state index in [1.165, 1.54) is 12.4 Å². The molecule has 0 aromatic carbocycles. The number of rotatable bonds is 6. The summed E-state index contributed by atoms with van der Waals surface area (Å²) in [6, 6.07) is 0. The molecule has 25 heavy (non-hydrogen) atoms. The maximum absolute atomic E-state index is 12.0. The van der Waals surface area contributed by atoms with Crippen molar-refractivity contribution in [2.45, 2.75) is 44.6 Å². The highest BCUT2D eigenvalue weighted by Gasteiger charge is 2.48. The van der Waals surface area contributed by atoms with Crippen LogP contribution in [0.4, 0.5) is 0 Å². The van der Waals surface area contributed by atoms with E-state index in [9.17, 15) is 9.59 Å². The Morgan fingerprint density at radius 1 is 1.40 bits per heavy atom. The normalized spacial score (nSPS) is 21.6. The zero-order valence-electron chi connectivity index (χ0n) is 14.7. The number of hydrogen-bond donors (Lipinski definition) is 1. The van der Waals surface area contributed by atoms with Crippen molar-refractivity contribution in [2.24, 2.45) is 5.92 Å². The van der Waals surface area contributed by atoms with Crippen molar-refractivity contribution < 1.29 is 14.3 Å². The van der Waals surface area contributed by atoms with E-state index in [4.69, 9.17) is 4.74 Å². The van der Waals surface area contributed by atoms with Crippen molar-refractivity contribution in [1.29, 1.82) is 0 Å². The summed E-state index contributed by atoms with van der Waals surface area (Å²) in [5, 5.41) is 2.90. The number of nitrogens with one attached hydrogen (secondary N) is 1. The average molecular weight is 346 g/mol. The zero-order valence-corrected chi connectivity index (χ0v) is 14.7. The quantitative estimate of drug-likeness (QED) is 0.842. The SMILES string of the molecule is CCCCC(=O)N1CC2(CC[C@@H](CNC(=O)c3cnccn3)CO2)C1. The van der Waals surface area contributed by atoms with Gasteiger partial charge in [0, 0.05) is 25.4 Å². The van der Waals surface area contributed by atoms with E-state index in [0.717, 1.165) is 25.7 Å². The molecule has 0 unspecified atom stereocenters. The number of likely N-dealkylation sites (tertiary alicyclic amines) is 1. The highest BCUT2D eigenvalue weighted by atomic mass is 16.5. The first-order valence-corrected chi connectivity index (χ1v) is 9.08. The molecule has 1 aromatic heterocycles. The highest BCUT2D eigenvalue weighted by molar-refractivity contribution is 5.91. The molecule has 7 nitrogen and oxygen atoms in total. The first-order chi connectivity index (χ1) is 12.1. The van der Waals surface area contributed by atoms with E-state index < -0.39 is 0 Å². The van der Waals surface area contributed by atoms with Gasteiger partial charge < -0.3 is 15.0 Å². The number of hydrogen-bond acceptors (Lipinski definition) is 5. The molecule has 2 amide bonds. The minimum atomic E-state index is -0.204. The standard InChI is InChI=1S/C18H26N4O3/c1-2-3-4-16(23)22-12-18(13-22)6-5-14(11-25-18)9-21-17(24)15-10-19-7-8-20-15/h7-8,10,14H,2-6,9,11-13H2,1H3,(H,21,24)/t14-/m0/s1. The molecular weight excluding hydrogens is 320 g/mol. The third-order valence-corrected chi connectivity index (χ3v) is 5.04. The fourth-order valence-electron chi connectivity index (χ4n) is 3.38. The van der Waals surface area contributed by atoms with Crippen molar-refractivity contribution in [3.8, 4) is 0 Å². The van der Waals surface area contributed by atoms with Gasteiger partial charge in [-0.05, 0) is 25.2 Å². The number of carbonyl (C=O) groups excluding carboxylic acids is 2. The smallest absolute Gasteiger partial charge is 0.271 e. The second-order valence-electron chi connectivity index (χ2n) is 7.05. The van der Waals surface area contributed by atoms with Crippen LogP contribution >= 0.6 is 0 Å². The molecule has 0 aliphatic carbocycles. The largest absolute Gasteiger partial charge is 0.371 e. The lowest BCUT2D eigenvalue weighted by atomic mass is 9.82. The van der Waals surface area contributed by atoms with Crippen LogP contribution in [0.2, 0.25) is 0 Å². The fourth-order valence-corrected chi connectivity index (χ4v) is 3.38. The van der Waals surface area contributed by atoms with Gasteiger partial charge in [0.1, 0.15) is 11.3 Å². The molecular formula is C18H26N4O3. The minimum Gasteiger partial charge on any atom is -0.371 e. The van der Waals surface area contributed by atoms with Gasteiger partial charge >= 0.3 is 0 Å². The van der Waals surface area contributed by atoms with Crippen molar-refractivity contribution in [3.63, 3.8) is 0 Å². The van der Waals surface area contributed by atoms with Gasteiger partial charge in [-0.2, -0.15) is 0 Å². The van der Waals surface area contributed by atoms with Crippen LogP contribution in [0.3, 0.4) is 0 Å². The van der Waals surface area contributed by atoms with Gasteiger partial charge in [0.15, 0.2) is 0 Å². The van der Waals surface area contributed by atoms with Crippen LogP contribution in [0.5, 0.6) is 0 Å². The molecule has 1 aromatic rings. The van der Waals surface area contributed by atoms with Crippen molar-refractivity contribution in [1.82, 2.24) is 20.2 Å². The van der Waals surface area contributed by atoms with Crippen molar-refractivity contribution in [2.75, 3.05) is 26.2 Å². The van der Waals surface area contributed by atoms with Gasteiger partial charge in [0.25, 0.3) is 5.91 Å². The van der Waals surface area contributed by atoms with E-state index in [1.807, 2.05) is 4.90 Å². The third kappa shape index (κ3) is 4.34. The van der Waals surface area contributed by atoms with Gasteiger partial charge in [-0.25, -0.2) is 4.98 Å². The van der Waals surface area contributed by atoms with Crippen LogP contribution in [-0.4, -0.2) is 58.5 Å². The van der Waals surface area contributed by atoms with Crippen LogP contribution < -0.4 is 5.32 Å². The van der Waals surface area contributed by atoms with Crippen LogP contribution in [0.1, 0.15) is 49.5 Å². The monoisotopic (exact) mass is 346 g/mol. The lowest BCUT2D eigenvalue weighted by Crippen LogP contribution is -2.66. The number of carbonyl (C=O) groups is 2. The Balaban J connectivity index is 1.37. The van der Waals surface area contributed by atoms with Gasteiger partial charge in [-0.3, -0.25) is 14.6 Å². The summed E-state index contributed by atoms with van der Waals surface area (Å²) in [6.07, 6.45) is 9.09. The molecule has 2 aliphatic heterocycles. The Morgan fingerprint density at radius 2 is 2.24 bits per heavy atom. The first kappa shape index (κ1) is 17.8. The highest BCUT2D eigenvalue weighted by Crippen LogP contribution is 2.36. The Bertz CT molecular complexity index is 592. The van der Waals surface area contributed by atoms with E-state index in [0.29, 0.717) is 44.3 Å². The third-order valence-electron chi connectivity index (χ3n) is 5.04. The van der Waals surface area contributed by atoms with Crippen LogP contribution in [0.15, 0.2) is 18.6 Å². The molecule has 136 valence electrons. The van der Waals surface area contributed by atoms with Gasteiger partial charge in [-0.15, -0.1) is 0 Å². The van der Waals surface area contributed by atoms with Crippen LogP contribution in [0.25, 0.3) is 0 Å². The Kier molecular flexibility index (Phi) is 5.63. The van der Waals surface area contributed by atoms with Gasteiger partial charge in [-0.1, -0.05) is 13.3 Å². The molecule has 3 heterocycles. The first-order valence-electron chi connectivity index (χ1n) is 9.08. The predicted octanol–water partition coefficient (Wildman–Crippen LogP) is 1.40. The summed E-state index contributed by atoms with van der Waals surface area (Å²) < 4.78 is 6.06. The predicted molar refractivity (Wildman–Crippen MR) is 91.9 cm³/mol. The van der Waals surface area contributed by atoms with E-state index in [1.54, 1.807) is 6.20 Å². The van der Waals surface area contributed by atoms with Crippen molar-refractivity contribution in [3.05, 3.63) is 24.3 Å². The molecule has 0 radical (unpaired) electrons. The average Bonchev–Trinajstić information content (AvgIpc) is 2.63. The van der Waals surface area contributed by atoms with Gasteiger partial charge in [0.05, 0.1) is 25.9 Å². The molecule has 1 spiro atoms. The van der Waals surface area contributed by atoms with Crippen molar-refractivity contribution >= 4 is 11.8 Å². The Hall–Kier alpha value is -2.02. The lowest BCUT2D eigenvalue weighted by Gasteiger charge is -2.52. The Morgan fingerprint density at radius 3 is 2.88 bits per heavy atom. The summed E-state index contributed by atoms with van der Waals surface area (Å²) in [5.74, 6) is 0.343. The molecule has 7 heteroatoms. The molecule has 2 aliphatic rings.